The molecule has 4 N–H and O–H groups in total. The van der Waals surface area contributed by atoms with Crippen molar-refractivity contribution >= 4 is 5.71 Å². The van der Waals surface area contributed by atoms with Crippen LogP contribution in [-0.4, -0.2) is 11.9 Å². The summed E-state index contributed by atoms with van der Waals surface area (Å²) in [6.45, 7) is 3.98. The third kappa shape index (κ3) is 5.76. The Hall–Kier alpha value is -0.670. The van der Waals surface area contributed by atoms with Crippen LogP contribution in [0.1, 0.15) is 26.7 Å². The van der Waals surface area contributed by atoms with Crippen LogP contribution in [0.25, 0.3) is 0 Å². The van der Waals surface area contributed by atoms with E-state index in [9.17, 15) is 0 Å². The van der Waals surface area contributed by atoms with Crippen molar-refractivity contribution in [2.75, 3.05) is 0 Å². The monoisotopic (exact) mass is 155 g/mol. The van der Waals surface area contributed by atoms with Crippen LogP contribution in [0.5, 0.6) is 0 Å². The van der Waals surface area contributed by atoms with Gasteiger partial charge in [0.25, 0.3) is 0 Å². The molecule has 11 heavy (non-hydrogen) atoms. The van der Waals surface area contributed by atoms with E-state index in [2.05, 4.69) is 4.99 Å². The Kier molecular flexibility index (Phi) is 5.70. The molecule has 0 spiro atoms. The number of nitrogens with two attached hydrogens (primary N) is 2. The van der Waals surface area contributed by atoms with Crippen LogP contribution in [-0.2, 0) is 0 Å². The number of rotatable bonds is 4. The van der Waals surface area contributed by atoms with Gasteiger partial charge < -0.3 is 11.5 Å². The number of aliphatic imine (C=N–C) groups is 1. The zero-order chi connectivity index (χ0) is 8.69. The molecular weight excluding hydrogens is 138 g/mol. The maximum atomic E-state index is 5.41. The summed E-state index contributed by atoms with van der Waals surface area (Å²) in [5.74, 6) is 0. The highest BCUT2D eigenvalue weighted by Crippen LogP contribution is 1.94. The van der Waals surface area contributed by atoms with Crippen molar-refractivity contribution in [2.24, 2.45) is 16.5 Å². The fourth-order valence-electron chi connectivity index (χ4n) is 0.740. The van der Waals surface area contributed by atoms with Crippen LogP contribution in [0, 0.1) is 0 Å². The number of hydrogen-bond acceptors (Lipinski definition) is 3. The molecule has 0 aliphatic heterocycles. The van der Waals surface area contributed by atoms with Gasteiger partial charge in [0.1, 0.15) is 0 Å². The van der Waals surface area contributed by atoms with Gasteiger partial charge in [0.05, 0.1) is 6.17 Å². The lowest BCUT2D eigenvalue weighted by atomic mass is 10.2. The van der Waals surface area contributed by atoms with Crippen molar-refractivity contribution in [1.29, 1.82) is 0 Å². The lowest BCUT2D eigenvalue weighted by Gasteiger charge is -2.04. The van der Waals surface area contributed by atoms with Crippen molar-refractivity contribution < 1.29 is 0 Å². The standard InChI is InChI=1S/C8H17N3/c1-3-5-11-7(4-2)6-8(9)10/h3,5,8H,4,6,9-10H2,1-2H3/b5-3-,11-7?. The largest absolute Gasteiger partial charge is 0.316 e. The molecule has 64 valence electrons. The third-order valence-electron chi connectivity index (χ3n) is 1.29. The Morgan fingerprint density at radius 2 is 2.18 bits per heavy atom. The van der Waals surface area contributed by atoms with E-state index in [0.717, 1.165) is 12.1 Å². The molecule has 3 heteroatoms. The molecule has 0 aromatic rings. The van der Waals surface area contributed by atoms with E-state index in [1.54, 1.807) is 6.20 Å². The van der Waals surface area contributed by atoms with Gasteiger partial charge >= 0.3 is 0 Å². The molecule has 0 aromatic heterocycles. The highest BCUT2D eigenvalue weighted by Gasteiger charge is 1.98. The van der Waals surface area contributed by atoms with Gasteiger partial charge in [-0.3, -0.25) is 4.99 Å². The van der Waals surface area contributed by atoms with E-state index in [1.807, 2.05) is 19.9 Å². The number of allylic oxidation sites excluding steroid dienone is 1. The van der Waals surface area contributed by atoms with Gasteiger partial charge in [0, 0.05) is 18.3 Å². The highest BCUT2D eigenvalue weighted by molar-refractivity contribution is 5.85. The fourth-order valence-corrected chi connectivity index (χ4v) is 0.740. The average Bonchev–Trinajstić information content (AvgIpc) is 1.97. The second-order valence-corrected chi connectivity index (χ2v) is 2.40. The molecule has 0 heterocycles. The Bertz CT molecular complexity index is 147. The smallest absolute Gasteiger partial charge is 0.0574 e. The molecule has 0 bridgehead atoms. The van der Waals surface area contributed by atoms with Crippen LogP contribution in [0.2, 0.25) is 0 Å². The Morgan fingerprint density at radius 3 is 2.55 bits per heavy atom. The molecule has 0 atom stereocenters. The predicted octanol–water partition coefficient (Wildman–Crippen LogP) is 1.00. The molecule has 0 aromatic carbocycles. The maximum Gasteiger partial charge on any atom is 0.0574 e. The Morgan fingerprint density at radius 1 is 1.55 bits per heavy atom. The van der Waals surface area contributed by atoms with E-state index >= 15 is 0 Å². The van der Waals surface area contributed by atoms with Crippen LogP contribution in [0.4, 0.5) is 0 Å². The molecular formula is C8H17N3. The number of nitrogens with zero attached hydrogens (tertiary/aromatic N) is 1. The lowest BCUT2D eigenvalue weighted by molar-refractivity contribution is 0.733. The minimum atomic E-state index is -0.279. The molecule has 0 saturated carbocycles. The molecule has 0 aliphatic carbocycles. The van der Waals surface area contributed by atoms with E-state index in [-0.39, 0.29) is 6.17 Å². The summed E-state index contributed by atoms with van der Waals surface area (Å²) in [5.41, 5.74) is 11.9. The van der Waals surface area contributed by atoms with Crippen LogP contribution >= 0.6 is 0 Å². The van der Waals surface area contributed by atoms with Gasteiger partial charge in [-0.15, -0.1) is 0 Å². The van der Waals surface area contributed by atoms with Gasteiger partial charge in [0.15, 0.2) is 0 Å². The van der Waals surface area contributed by atoms with Crippen molar-refractivity contribution in [2.45, 2.75) is 32.9 Å². The van der Waals surface area contributed by atoms with Crippen LogP contribution in [0.15, 0.2) is 17.3 Å². The summed E-state index contributed by atoms with van der Waals surface area (Å²) < 4.78 is 0. The van der Waals surface area contributed by atoms with Gasteiger partial charge in [-0.2, -0.15) is 0 Å². The van der Waals surface area contributed by atoms with E-state index in [1.165, 1.54) is 0 Å². The van der Waals surface area contributed by atoms with Crippen molar-refractivity contribution in [3.8, 4) is 0 Å². The quantitative estimate of drug-likeness (QED) is 0.470. The summed E-state index contributed by atoms with van der Waals surface area (Å²) in [6, 6.07) is 0. The van der Waals surface area contributed by atoms with Gasteiger partial charge in [-0.1, -0.05) is 13.0 Å². The SMILES string of the molecule is C/C=C\N=C(CC)CC(N)N. The van der Waals surface area contributed by atoms with Crippen LogP contribution in [0.3, 0.4) is 0 Å². The van der Waals surface area contributed by atoms with Gasteiger partial charge in [-0.05, 0) is 13.3 Å². The molecule has 0 aliphatic rings. The van der Waals surface area contributed by atoms with E-state index in [4.69, 9.17) is 11.5 Å². The summed E-state index contributed by atoms with van der Waals surface area (Å²) >= 11 is 0. The summed E-state index contributed by atoms with van der Waals surface area (Å²) in [7, 11) is 0. The summed E-state index contributed by atoms with van der Waals surface area (Å²) in [6.07, 6.45) is 4.97. The molecule has 0 saturated heterocycles. The predicted molar refractivity (Wildman–Crippen MR) is 49.3 cm³/mol. The maximum absolute atomic E-state index is 5.41. The third-order valence-corrected chi connectivity index (χ3v) is 1.29. The minimum absolute atomic E-state index is 0.279. The summed E-state index contributed by atoms with van der Waals surface area (Å²) in [5, 5.41) is 0. The van der Waals surface area contributed by atoms with Gasteiger partial charge in [-0.25, -0.2) is 0 Å². The van der Waals surface area contributed by atoms with Crippen molar-refractivity contribution in [3.05, 3.63) is 12.3 Å². The first-order valence-corrected chi connectivity index (χ1v) is 3.88. The lowest BCUT2D eigenvalue weighted by Crippen LogP contribution is -2.32. The van der Waals surface area contributed by atoms with Gasteiger partial charge in [0.2, 0.25) is 0 Å². The zero-order valence-corrected chi connectivity index (χ0v) is 7.25. The second-order valence-electron chi connectivity index (χ2n) is 2.40. The molecule has 0 fully saturated rings. The summed E-state index contributed by atoms with van der Waals surface area (Å²) in [4.78, 5) is 4.18. The first-order valence-electron chi connectivity index (χ1n) is 3.88. The average molecular weight is 155 g/mol. The van der Waals surface area contributed by atoms with Crippen molar-refractivity contribution in [1.82, 2.24) is 0 Å². The van der Waals surface area contributed by atoms with E-state index < -0.39 is 0 Å². The first-order chi connectivity index (χ1) is 5.20. The minimum Gasteiger partial charge on any atom is -0.316 e. The molecule has 3 nitrogen and oxygen atoms in total. The Balaban J connectivity index is 3.94. The fraction of sp³-hybridized carbons (Fsp3) is 0.625. The zero-order valence-electron chi connectivity index (χ0n) is 7.25. The highest BCUT2D eigenvalue weighted by atomic mass is 14.9. The molecule has 0 radical (unpaired) electrons. The normalized spacial score (nSPS) is 13.4. The first kappa shape index (κ1) is 10.3. The van der Waals surface area contributed by atoms with Crippen molar-refractivity contribution in [3.63, 3.8) is 0 Å². The van der Waals surface area contributed by atoms with Crippen LogP contribution < -0.4 is 11.5 Å². The van der Waals surface area contributed by atoms with E-state index in [0.29, 0.717) is 6.42 Å². The second kappa shape index (κ2) is 6.07. The molecule has 0 amide bonds. The molecule has 0 unspecified atom stereocenters. The topological polar surface area (TPSA) is 64.4 Å². The Labute approximate surface area is 68.2 Å². The number of hydrogen-bond donors (Lipinski definition) is 2. The molecule has 0 rings (SSSR count).